The molecule has 0 radical (unpaired) electrons. The summed E-state index contributed by atoms with van der Waals surface area (Å²) in [4.78, 5) is 14.9. The molecular formula is C7H5NO2. The number of aliphatic imine (C=N–C) groups is 1. The molecule has 0 saturated carbocycles. The Hall–Kier alpha value is -1.38. The normalized spacial score (nSPS) is 15.4. The Morgan fingerprint density at radius 3 is 3.30 bits per heavy atom. The largest absolute Gasteiger partial charge is 0.459 e. The van der Waals surface area contributed by atoms with E-state index in [4.69, 9.17) is 4.42 Å². The van der Waals surface area contributed by atoms with Gasteiger partial charge in [0.15, 0.2) is 5.76 Å². The zero-order chi connectivity index (χ0) is 6.97. The van der Waals surface area contributed by atoms with Gasteiger partial charge >= 0.3 is 0 Å². The lowest BCUT2D eigenvalue weighted by Crippen LogP contribution is -2.01. The van der Waals surface area contributed by atoms with Gasteiger partial charge in [-0.05, 0) is 0 Å². The first-order chi connectivity index (χ1) is 4.88. The first-order valence-corrected chi connectivity index (χ1v) is 3.01. The molecule has 0 aliphatic carbocycles. The SMILES string of the molecule is O=C1CC=Nc2ccoc21. The Kier molecular flexibility index (Phi) is 0.974. The highest BCUT2D eigenvalue weighted by molar-refractivity contribution is 6.07. The summed E-state index contributed by atoms with van der Waals surface area (Å²) in [6.45, 7) is 0. The molecule has 0 fully saturated rings. The molecule has 2 rings (SSSR count). The van der Waals surface area contributed by atoms with E-state index in [1.54, 1.807) is 12.3 Å². The van der Waals surface area contributed by atoms with Gasteiger partial charge in [-0.1, -0.05) is 0 Å². The molecule has 0 atom stereocenters. The average molecular weight is 135 g/mol. The number of hydrogen-bond acceptors (Lipinski definition) is 3. The number of Topliss-reactive ketones (excluding diaryl/α,β-unsaturated/α-hetero) is 1. The lowest BCUT2D eigenvalue weighted by molar-refractivity contribution is 0.0974. The average Bonchev–Trinajstić information content (AvgIpc) is 2.36. The minimum absolute atomic E-state index is 0.00926. The van der Waals surface area contributed by atoms with Crippen LogP contribution in [0.5, 0.6) is 0 Å². The predicted octanol–water partition coefficient (Wildman–Crippen LogP) is 1.57. The molecule has 0 aromatic carbocycles. The molecule has 0 N–H and O–H groups in total. The van der Waals surface area contributed by atoms with Crippen molar-refractivity contribution in [2.75, 3.05) is 0 Å². The molecular weight excluding hydrogens is 130 g/mol. The van der Waals surface area contributed by atoms with Crippen molar-refractivity contribution in [3.63, 3.8) is 0 Å². The summed E-state index contributed by atoms with van der Waals surface area (Å²) in [5.74, 6) is 0.400. The lowest BCUT2D eigenvalue weighted by Gasteiger charge is -1.98. The van der Waals surface area contributed by atoms with Crippen molar-refractivity contribution in [1.82, 2.24) is 0 Å². The number of carbonyl (C=O) groups excluding carboxylic acids is 1. The number of hydrogen-bond donors (Lipinski definition) is 0. The molecule has 10 heavy (non-hydrogen) atoms. The van der Waals surface area contributed by atoms with Crippen molar-refractivity contribution in [3.8, 4) is 0 Å². The van der Waals surface area contributed by atoms with E-state index in [2.05, 4.69) is 4.99 Å². The quantitative estimate of drug-likeness (QED) is 0.541. The summed E-state index contributed by atoms with van der Waals surface area (Å²) in [5.41, 5.74) is 0.649. The molecule has 1 aromatic rings. The topological polar surface area (TPSA) is 42.6 Å². The summed E-state index contributed by atoms with van der Waals surface area (Å²) in [6, 6.07) is 1.68. The highest BCUT2D eigenvalue weighted by Crippen LogP contribution is 2.23. The van der Waals surface area contributed by atoms with Crippen LogP contribution in [0.1, 0.15) is 17.0 Å². The molecule has 0 amide bonds. The van der Waals surface area contributed by atoms with Crippen LogP contribution in [0, 0.1) is 0 Å². The molecule has 3 heteroatoms. The molecule has 0 unspecified atom stereocenters. The zero-order valence-corrected chi connectivity index (χ0v) is 5.20. The number of ketones is 1. The van der Waals surface area contributed by atoms with Crippen LogP contribution in [-0.2, 0) is 0 Å². The van der Waals surface area contributed by atoms with Crippen molar-refractivity contribution in [1.29, 1.82) is 0 Å². The third kappa shape index (κ3) is 0.603. The van der Waals surface area contributed by atoms with Crippen molar-refractivity contribution in [2.24, 2.45) is 4.99 Å². The minimum Gasteiger partial charge on any atom is -0.459 e. The van der Waals surface area contributed by atoms with Gasteiger partial charge in [0, 0.05) is 18.7 Å². The van der Waals surface area contributed by atoms with Crippen LogP contribution >= 0.6 is 0 Å². The predicted molar refractivity (Wildman–Crippen MR) is 35.8 cm³/mol. The van der Waals surface area contributed by atoms with Gasteiger partial charge in [-0.25, -0.2) is 0 Å². The summed E-state index contributed by atoms with van der Waals surface area (Å²) in [5, 5.41) is 0. The number of furan rings is 1. The molecule has 0 saturated heterocycles. The van der Waals surface area contributed by atoms with Crippen LogP contribution in [-0.4, -0.2) is 12.0 Å². The third-order valence-corrected chi connectivity index (χ3v) is 1.40. The van der Waals surface area contributed by atoms with Crippen molar-refractivity contribution >= 4 is 17.7 Å². The van der Waals surface area contributed by atoms with Gasteiger partial charge in [0.25, 0.3) is 0 Å². The van der Waals surface area contributed by atoms with E-state index in [0.29, 0.717) is 17.9 Å². The second-order valence-electron chi connectivity index (χ2n) is 2.07. The fourth-order valence-corrected chi connectivity index (χ4v) is 0.932. The fourth-order valence-electron chi connectivity index (χ4n) is 0.932. The lowest BCUT2D eigenvalue weighted by atomic mass is 10.2. The van der Waals surface area contributed by atoms with Gasteiger partial charge in [-0.3, -0.25) is 9.79 Å². The van der Waals surface area contributed by atoms with Crippen LogP contribution < -0.4 is 0 Å². The first kappa shape index (κ1) is 5.41. The van der Waals surface area contributed by atoms with Gasteiger partial charge in [-0.2, -0.15) is 0 Å². The van der Waals surface area contributed by atoms with E-state index in [1.807, 2.05) is 0 Å². The molecule has 50 valence electrons. The summed E-state index contributed by atoms with van der Waals surface area (Å²) >= 11 is 0. The third-order valence-electron chi connectivity index (χ3n) is 1.40. The number of rotatable bonds is 0. The Balaban J connectivity index is 2.62. The van der Waals surface area contributed by atoms with Gasteiger partial charge in [0.05, 0.1) is 6.26 Å². The second-order valence-corrected chi connectivity index (χ2v) is 2.07. The van der Waals surface area contributed by atoms with Crippen LogP contribution in [0.4, 0.5) is 5.69 Å². The van der Waals surface area contributed by atoms with Crippen LogP contribution in [0.3, 0.4) is 0 Å². The summed E-state index contributed by atoms with van der Waals surface area (Å²) < 4.78 is 4.90. The molecule has 3 nitrogen and oxygen atoms in total. The second kappa shape index (κ2) is 1.80. The van der Waals surface area contributed by atoms with E-state index in [-0.39, 0.29) is 5.78 Å². The molecule has 2 heterocycles. The van der Waals surface area contributed by atoms with E-state index in [1.165, 1.54) is 6.26 Å². The summed E-state index contributed by atoms with van der Waals surface area (Å²) in [7, 11) is 0. The summed E-state index contributed by atoms with van der Waals surface area (Å²) in [6.07, 6.45) is 3.44. The monoisotopic (exact) mass is 135 g/mol. The van der Waals surface area contributed by atoms with Crippen LogP contribution in [0.15, 0.2) is 21.7 Å². The van der Waals surface area contributed by atoms with Crippen molar-refractivity contribution in [2.45, 2.75) is 6.42 Å². The maximum Gasteiger partial charge on any atom is 0.205 e. The first-order valence-electron chi connectivity index (χ1n) is 3.01. The van der Waals surface area contributed by atoms with Gasteiger partial charge in [0.2, 0.25) is 5.78 Å². The highest BCUT2D eigenvalue weighted by atomic mass is 16.3. The van der Waals surface area contributed by atoms with Crippen LogP contribution in [0.2, 0.25) is 0 Å². The van der Waals surface area contributed by atoms with Crippen molar-refractivity contribution < 1.29 is 9.21 Å². The maximum atomic E-state index is 11.0. The Labute approximate surface area is 57.4 Å². The van der Waals surface area contributed by atoms with Crippen molar-refractivity contribution in [3.05, 3.63) is 18.1 Å². The molecule has 0 bridgehead atoms. The Morgan fingerprint density at radius 1 is 1.60 bits per heavy atom. The number of carbonyl (C=O) groups is 1. The zero-order valence-electron chi connectivity index (χ0n) is 5.20. The standard InChI is InChI=1S/C7H5NO2/c9-6-1-3-8-5-2-4-10-7(5)6/h2-4H,1H2. The highest BCUT2D eigenvalue weighted by Gasteiger charge is 2.16. The van der Waals surface area contributed by atoms with Gasteiger partial charge in [0.1, 0.15) is 5.69 Å². The van der Waals surface area contributed by atoms with Crippen LogP contribution in [0.25, 0.3) is 0 Å². The van der Waals surface area contributed by atoms with E-state index < -0.39 is 0 Å². The van der Waals surface area contributed by atoms with E-state index >= 15 is 0 Å². The Bertz CT molecular complexity index is 298. The van der Waals surface area contributed by atoms with E-state index in [9.17, 15) is 4.79 Å². The molecule has 1 aromatic heterocycles. The molecule has 1 aliphatic heterocycles. The Morgan fingerprint density at radius 2 is 2.50 bits per heavy atom. The minimum atomic E-state index is 0.00926. The maximum absolute atomic E-state index is 11.0. The molecule has 1 aliphatic rings. The smallest absolute Gasteiger partial charge is 0.205 e. The number of nitrogens with zero attached hydrogens (tertiary/aromatic N) is 1. The van der Waals surface area contributed by atoms with Gasteiger partial charge < -0.3 is 4.42 Å². The van der Waals surface area contributed by atoms with E-state index in [0.717, 1.165) is 0 Å². The fraction of sp³-hybridized carbons (Fsp3) is 0.143. The molecule has 0 spiro atoms. The number of fused-ring (bicyclic) bond motifs is 1. The van der Waals surface area contributed by atoms with Gasteiger partial charge in [-0.15, -0.1) is 0 Å².